The summed E-state index contributed by atoms with van der Waals surface area (Å²) in [6.07, 6.45) is 1.91. The van der Waals surface area contributed by atoms with Crippen molar-refractivity contribution in [1.82, 2.24) is 19.6 Å². The first-order valence-corrected chi connectivity index (χ1v) is 25.5. The molecule has 0 saturated carbocycles. The van der Waals surface area contributed by atoms with E-state index >= 15 is 0 Å². The summed E-state index contributed by atoms with van der Waals surface area (Å²) in [6.45, 7) is 7.41. The van der Waals surface area contributed by atoms with Gasteiger partial charge in [-0.15, -0.1) is 0 Å². The van der Waals surface area contributed by atoms with Crippen LogP contribution in [0.25, 0.3) is 54.9 Å². The molecular formula is C56H56N4O12. The second-order valence-corrected chi connectivity index (χ2v) is 21.6. The minimum Gasteiger partial charge on any atom is -0.480 e. The highest BCUT2D eigenvalue weighted by molar-refractivity contribution is 6.24. The van der Waals surface area contributed by atoms with Gasteiger partial charge in [0, 0.05) is 64.2 Å². The molecular weight excluding hydrogens is 921 g/mol. The summed E-state index contributed by atoms with van der Waals surface area (Å²) in [5.41, 5.74) is 24.1. The highest BCUT2D eigenvalue weighted by Gasteiger charge is 2.74. The lowest BCUT2D eigenvalue weighted by Crippen LogP contribution is -2.52. The molecule has 372 valence electrons. The maximum absolute atomic E-state index is 11.2. The van der Waals surface area contributed by atoms with E-state index in [1.165, 1.54) is 98.1 Å². The van der Waals surface area contributed by atoms with Gasteiger partial charge in [0.25, 0.3) is 0 Å². The van der Waals surface area contributed by atoms with E-state index < -0.39 is 23.9 Å². The number of carboxylic acid groups (broad SMARTS) is 4. The monoisotopic (exact) mass is 976 g/mol. The van der Waals surface area contributed by atoms with E-state index in [0.29, 0.717) is 51.5 Å². The minimum absolute atomic E-state index is 0.208. The average Bonchev–Trinajstić information content (AvgIpc) is 4.17. The smallest absolute Gasteiger partial charge is 0.317 e. The molecule has 72 heavy (non-hydrogen) atoms. The first kappa shape index (κ1) is 44.8. The predicted molar refractivity (Wildman–Crippen MR) is 264 cm³/mol. The number of nitrogens with zero attached hydrogens (tertiary/aromatic N) is 4. The van der Waals surface area contributed by atoms with Crippen molar-refractivity contribution in [1.29, 1.82) is 0 Å². The number of rotatable bonds is 26. The Labute approximate surface area is 414 Å². The van der Waals surface area contributed by atoms with Gasteiger partial charge >= 0.3 is 23.9 Å². The van der Waals surface area contributed by atoms with Crippen LogP contribution in [0.2, 0.25) is 0 Å². The molecule has 2 unspecified atom stereocenters. The molecule has 4 N–H and O–H groups in total. The Morgan fingerprint density at radius 1 is 0.486 bits per heavy atom. The van der Waals surface area contributed by atoms with Gasteiger partial charge in [0.15, 0.2) is 0 Å². The molecule has 0 aromatic heterocycles. The first-order chi connectivity index (χ1) is 35.0. The van der Waals surface area contributed by atoms with Crippen molar-refractivity contribution in [3.63, 3.8) is 0 Å². The third-order valence-electron chi connectivity index (χ3n) is 17.9. The molecule has 5 aromatic carbocycles. The number of carbonyl (C=O) groups is 4. The van der Waals surface area contributed by atoms with E-state index in [0.717, 1.165) is 52.1 Å². The van der Waals surface area contributed by atoms with Crippen molar-refractivity contribution in [3.05, 3.63) is 92.0 Å². The Balaban J connectivity index is 0.750. The van der Waals surface area contributed by atoms with E-state index in [1.807, 2.05) is 0 Å². The Hall–Kier alpha value is -5.82. The molecule has 2 saturated heterocycles. The Kier molecular flexibility index (Phi) is 10.2. The number of fused-ring (bicyclic) bond motifs is 3. The fraction of sp³-hybridized carbons (Fsp3) is 0.464. The maximum atomic E-state index is 11.2. The van der Waals surface area contributed by atoms with Crippen LogP contribution in [0.4, 0.5) is 0 Å². The molecule has 2 fully saturated rings. The van der Waals surface area contributed by atoms with Gasteiger partial charge in [0.2, 0.25) is 0 Å². The zero-order valence-corrected chi connectivity index (χ0v) is 40.0. The fourth-order valence-corrected chi connectivity index (χ4v) is 15.9. The van der Waals surface area contributed by atoms with E-state index in [2.05, 4.69) is 46.2 Å². The van der Waals surface area contributed by atoms with Gasteiger partial charge in [-0.05, 0) is 123 Å². The van der Waals surface area contributed by atoms with Gasteiger partial charge in [-0.3, -0.25) is 38.8 Å². The van der Waals surface area contributed by atoms with Crippen LogP contribution in [0.5, 0.6) is 0 Å². The number of likely N-dealkylation sites (tertiary alicyclic amines) is 2. The topological polar surface area (TPSA) is 199 Å². The largest absolute Gasteiger partial charge is 0.480 e. The van der Waals surface area contributed by atoms with Crippen molar-refractivity contribution in [2.24, 2.45) is 0 Å². The molecule has 2 heterocycles. The average molecular weight is 977 g/mol. The van der Waals surface area contributed by atoms with Crippen LogP contribution in [0.3, 0.4) is 0 Å². The Morgan fingerprint density at radius 2 is 0.861 bits per heavy atom. The molecule has 14 rings (SSSR count). The van der Waals surface area contributed by atoms with E-state index in [9.17, 15) is 29.4 Å². The standard InChI is InChI=1S/C56H56N4O12/c61-39(62)23-58(24-40(63)64)4-8-70-12-11-69-7-3-57-21-37-35-19-33-17-31-15-29-1-2-30-16-32-18-34-20-36(38(37)22-57)50-49(35)53-47(33)45(31)51-43(29)44(30)52-46(32)48(34)54(50)56(53)28-60(27-55(51,52)56)6-10-72-14-13-71-9-5-59(25-41(65)66)26-42(67)68/h1-2,15-16,19-20,37-38H,3-14,17-18,21-28H2,(H,61,62)(H,63,64)(H,65,66)(H,67,68). The lowest BCUT2D eigenvalue weighted by molar-refractivity contribution is -0.144. The van der Waals surface area contributed by atoms with Gasteiger partial charge in [0.1, 0.15) is 0 Å². The van der Waals surface area contributed by atoms with Crippen molar-refractivity contribution < 1.29 is 58.6 Å². The normalized spacial score (nSPS) is 22.8. The number of hydrogen-bond donors (Lipinski definition) is 4. The SMILES string of the molecule is O=C(O)CN(CCOCCOCCN1CC2c3cc4c5c6c3-c3c(cc7c8c3C63CN(CCOCCOCCN(CC(=O)O)CC(=O)O)CC36c3c-5c(cc5ccc9cc(c-8c6c9c35)C7)C4)C2C1)CC(=O)O. The Bertz CT molecular complexity index is 3090. The van der Waals surface area contributed by atoms with Crippen molar-refractivity contribution >= 4 is 45.4 Å². The zero-order valence-electron chi connectivity index (χ0n) is 40.0. The third kappa shape index (κ3) is 6.15. The number of ether oxygens (including phenoxy) is 4. The van der Waals surface area contributed by atoms with Crippen LogP contribution in [0.15, 0.2) is 36.4 Å². The second kappa shape index (κ2) is 16.3. The summed E-state index contributed by atoms with van der Waals surface area (Å²) in [7, 11) is 0. The van der Waals surface area contributed by atoms with E-state index in [-0.39, 0.29) is 63.3 Å². The van der Waals surface area contributed by atoms with Gasteiger partial charge in [-0.25, -0.2) is 0 Å². The Morgan fingerprint density at radius 3 is 1.29 bits per heavy atom. The third-order valence-corrected chi connectivity index (χ3v) is 17.9. The lowest BCUT2D eigenvalue weighted by atomic mass is 9.48. The summed E-state index contributed by atoms with van der Waals surface area (Å²) >= 11 is 0. The van der Waals surface area contributed by atoms with E-state index in [1.54, 1.807) is 22.3 Å². The molecule has 7 aliphatic carbocycles. The zero-order chi connectivity index (χ0) is 48.9. The van der Waals surface area contributed by atoms with Crippen LogP contribution in [0, 0.1) is 0 Å². The van der Waals surface area contributed by atoms with Crippen LogP contribution < -0.4 is 0 Å². The van der Waals surface area contributed by atoms with Crippen molar-refractivity contribution in [2.45, 2.75) is 35.5 Å². The number of benzene rings is 5. The number of hydrogen-bond acceptors (Lipinski definition) is 12. The molecule has 5 aromatic rings. The first-order valence-electron chi connectivity index (χ1n) is 25.5. The summed E-state index contributed by atoms with van der Waals surface area (Å²) in [6, 6.07) is 15.1. The fourth-order valence-electron chi connectivity index (χ4n) is 15.9. The predicted octanol–water partition coefficient (Wildman–Crippen LogP) is 4.15. The van der Waals surface area contributed by atoms with Crippen LogP contribution >= 0.6 is 0 Å². The van der Waals surface area contributed by atoms with Gasteiger partial charge < -0.3 is 39.4 Å². The van der Waals surface area contributed by atoms with Crippen LogP contribution in [0.1, 0.15) is 67.5 Å². The second-order valence-electron chi connectivity index (χ2n) is 21.6. The summed E-state index contributed by atoms with van der Waals surface area (Å²) in [5, 5.41) is 42.4. The molecule has 16 heteroatoms. The van der Waals surface area contributed by atoms with Gasteiger partial charge in [-0.2, -0.15) is 0 Å². The highest BCUT2D eigenvalue weighted by atomic mass is 16.5. The molecule has 0 bridgehead atoms. The molecule has 16 nitrogen and oxygen atoms in total. The van der Waals surface area contributed by atoms with Crippen LogP contribution in [-0.2, 0) is 61.8 Å². The highest BCUT2D eigenvalue weighted by Crippen LogP contribution is 2.81. The summed E-state index contributed by atoms with van der Waals surface area (Å²) < 4.78 is 23.9. The molecule has 0 amide bonds. The maximum Gasteiger partial charge on any atom is 0.317 e. The molecule has 2 aliphatic heterocycles. The summed E-state index contributed by atoms with van der Waals surface area (Å²) in [4.78, 5) is 52.8. The quantitative estimate of drug-likeness (QED) is 0.0446. The molecule has 2 atom stereocenters. The van der Waals surface area contributed by atoms with Gasteiger partial charge in [-0.1, -0.05) is 36.4 Å². The summed E-state index contributed by atoms with van der Waals surface area (Å²) in [5.74, 6) is -3.57. The molecule has 2 spiro atoms. The van der Waals surface area contributed by atoms with Crippen molar-refractivity contribution in [2.75, 3.05) is 131 Å². The van der Waals surface area contributed by atoms with Gasteiger partial charge in [0.05, 0.1) is 89.9 Å². The minimum atomic E-state index is -1.07. The number of carboxylic acids is 4. The molecule has 0 radical (unpaired) electrons. The lowest BCUT2D eigenvalue weighted by Gasteiger charge is -2.51. The number of aliphatic carboxylic acids is 4. The molecule has 9 aliphatic rings. The van der Waals surface area contributed by atoms with Crippen molar-refractivity contribution in [3.8, 4) is 33.4 Å². The van der Waals surface area contributed by atoms with Crippen LogP contribution in [-0.4, -0.2) is 195 Å². The van der Waals surface area contributed by atoms with E-state index in [4.69, 9.17) is 29.2 Å².